The molecule has 16 heavy (non-hydrogen) atoms. The lowest BCUT2D eigenvalue weighted by molar-refractivity contribution is -0.150. The van der Waals surface area contributed by atoms with Crippen molar-refractivity contribution in [3.05, 3.63) is 0 Å². The van der Waals surface area contributed by atoms with Gasteiger partial charge >= 0.3 is 5.97 Å². The van der Waals surface area contributed by atoms with Gasteiger partial charge < -0.3 is 10.0 Å². The summed E-state index contributed by atoms with van der Waals surface area (Å²) in [5, 5.41) is 8.86. The topological polar surface area (TPSA) is 57.6 Å². The number of carbonyl (C=O) groups is 2. The molecule has 2 atom stereocenters. The predicted octanol–water partition coefficient (Wildman–Crippen LogP) is 1.99. The molecule has 0 fully saturated rings. The second kappa shape index (κ2) is 6.51. The van der Waals surface area contributed by atoms with Crippen LogP contribution in [-0.2, 0) is 9.59 Å². The fraction of sp³-hybridized carbons (Fsp3) is 0.833. The number of hydrogen-bond acceptors (Lipinski definition) is 2. The molecule has 0 aliphatic heterocycles. The summed E-state index contributed by atoms with van der Waals surface area (Å²) in [6, 6.07) is -0.759. The van der Waals surface area contributed by atoms with Crippen LogP contribution in [0.3, 0.4) is 0 Å². The fourth-order valence-corrected chi connectivity index (χ4v) is 1.67. The summed E-state index contributed by atoms with van der Waals surface area (Å²) in [6.45, 7) is 7.56. The second-order valence-electron chi connectivity index (χ2n) is 4.60. The fourth-order valence-electron chi connectivity index (χ4n) is 1.67. The van der Waals surface area contributed by atoms with E-state index in [1.165, 1.54) is 11.8 Å². The number of carboxylic acids is 1. The largest absolute Gasteiger partial charge is 0.480 e. The van der Waals surface area contributed by atoms with E-state index in [2.05, 4.69) is 0 Å². The molecule has 0 aliphatic carbocycles. The smallest absolute Gasteiger partial charge is 0.326 e. The maximum atomic E-state index is 12.1. The highest BCUT2D eigenvalue weighted by Gasteiger charge is 2.29. The van der Waals surface area contributed by atoms with Crippen LogP contribution in [0, 0.1) is 11.8 Å². The molecular formula is C12H23NO3. The number of rotatable bonds is 6. The van der Waals surface area contributed by atoms with E-state index in [1.807, 2.05) is 20.8 Å². The Morgan fingerprint density at radius 2 is 1.75 bits per heavy atom. The highest BCUT2D eigenvalue weighted by molar-refractivity contribution is 5.84. The summed E-state index contributed by atoms with van der Waals surface area (Å²) in [4.78, 5) is 24.2. The third-order valence-electron chi connectivity index (χ3n) is 3.01. The molecule has 0 saturated carbocycles. The van der Waals surface area contributed by atoms with E-state index in [1.54, 1.807) is 7.05 Å². The predicted molar refractivity (Wildman–Crippen MR) is 63.1 cm³/mol. The monoisotopic (exact) mass is 229 g/mol. The molecule has 0 aliphatic rings. The van der Waals surface area contributed by atoms with Gasteiger partial charge in [0.15, 0.2) is 0 Å². The quantitative estimate of drug-likeness (QED) is 0.757. The molecular weight excluding hydrogens is 206 g/mol. The summed E-state index contributed by atoms with van der Waals surface area (Å²) >= 11 is 0. The molecule has 94 valence electrons. The molecule has 0 aromatic rings. The molecule has 1 N–H and O–H groups in total. The molecule has 0 rings (SSSR count). The van der Waals surface area contributed by atoms with Crippen molar-refractivity contribution in [2.75, 3.05) is 7.05 Å². The third-order valence-corrected chi connectivity index (χ3v) is 3.01. The van der Waals surface area contributed by atoms with Crippen LogP contribution in [0.2, 0.25) is 0 Å². The SMILES string of the molecule is CCCC(C(=O)N(C)C(C)C(=O)O)C(C)C. The van der Waals surface area contributed by atoms with Crippen LogP contribution in [0.25, 0.3) is 0 Å². The van der Waals surface area contributed by atoms with Gasteiger partial charge in [0.25, 0.3) is 0 Å². The highest BCUT2D eigenvalue weighted by atomic mass is 16.4. The van der Waals surface area contributed by atoms with Crippen LogP contribution in [-0.4, -0.2) is 35.0 Å². The van der Waals surface area contributed by atoms with E-state index in [0.29, 0.717) is 0 Å². The van der Waals surface area contributed by atoms with Crippen molar-refractivity contribution >= 4 is 11.9 Å². The number of amides is 1. The van der Waals surface area contributed by atoms with Crippen molar-refractivity contribution in [2.24, 2.45) is 11.8 Å². The van der Waals surface area contributed by atoms with Gasteiger partial charge in [-0.15, -0.1) is 0 Å². The Balaban J connectivity index is 4.66. The standard InChI is InChI=1S/C12H23NO3/c1-6-7-10(8(2)3)11(14)13(5)9(4)12(15)16/h8-10H,6-7H2,1-5H3,(H,15,16). The first-order valence-electron chi connectivity index (χ1n) is 5.82. The van der Waals surface area contributed by atoms with Gasteiger partial charge in [0.2, 0.25) is 5.91 Å². The number of carbonyl (C=O) groups excluding carboxylic acids is 1. The van der Waals surface area contributed by atoms with Crippen molar-refractivity contribution in [1.29, 1.82) is 0 Å². The molecule has 0 bridgehead atoms. The number of aliphatic carboxylic acids is 1. The zero-order valence-corrected chi connectivity index (χ0v) is 10.9. The second-order valence-corrected chi connectivity index (χ2v) is 4.60. The number of likely N-dealkylation sites (N-methyl/N-ethyl adjacent to an activating group) is 1. The van der Waals surface area contributed by atoms with Crippen LogP contribution in [0.5, 0.6) is 0 Å². The first-order valence-corrected chi connectivity index (χ1v) is 5.82. The van der Waals surface area contributed by atoms with E-state index in [-0.39, 0.29) is 17.7 Å². The Bertz CT molecular complexity index is 251. The normalized spacial score (nSPS) is 14.6. The Labute approximate surface area is 97.6 Å². The van der Waals surface area contributed by atoms with Crippen LogP contribution >= 0.6 is 0 Å². The van der Waals surface area contributed by atoms with Crippen molar-refractivity contribution in [3.8, 4) is 0 Å². The van der Waals surface area contributed by atoms with Crippen LogP contribution in [0.15, 0.2) is 0 Å². The van der Waals surface area contributed by atoms with E-state index in [4.69, 9.17) is 5.11 Å². The minimum Gasteiger partial charge on any atom is -0.480 e. The summed E-state index contributed by atoms with van der Waals surface area (Å²) < 4.78 is 0. The number of nitrogens with zero attached hydrogens (tertiary/aromatic N) is 1. The summed E-state index contributed by atoms with van der Waals surface area (Å²) in [7, 11) is 1.56. The molecule has 4 heteroatoms. The van der Waals surface area contributed by atoms with Gasteiger partial charge in [0, 0.05) is 13.0 Å². The molecule has 1 amide bonds. The molecule has 0 radical (unpaired) electrons. The van der Waals surface area contributed by atoms with E-state index in [0.717, 1.165) is 12.8 Å². The average molecular weight is 229 g/mol. The Morgan fingerprint density at radius 1 is 1.25 bits per heavy atom. The van der Waals surface area contributed by atoms with E-state index >= 15 is 0 Å². The van der Waals surface area contributed by atoms with Crippen molar-refractivity contribution in [3.63, 3.8) is 0 Å². The minimum absolute atomic E-state index is 0.0632. The zero-order chi connectivity index (χ0) is 12.9. The van der Waals surface area contributed by atoms with Gasteiger partial charge in [-0.25, -0.2) is 4.79 Å². The Kier molecular flexibility index (Phi) is 6.08. The zero-order valence-electron chi connectivity index (χ0n) is 10.9. The lowest BCUT2D eigenvalue weighted by atomic mass is 9.90. The van der Waals surface area contributed by atoms with Crippen LogP contribution in [0.4, 0.5) is 0 Å². The van der Waals surface area contributed by atoms with Gasteiger partial charge in [-0.05, 0) is 19.3 Å². The van der Waals surface area contributed by atoms with Crippen molar-refractivity contribution < 1.29 is 14.7 Å². The number of carboxylic acid groups (broad SMARTS) is 1. The maximum absolute atomic E-state index is 12.1. The molecule has 0 aromatic heterocycles. The summed E-state index contributed by atoms with van der Waals surface area (Å²) in [6.07, 6.45) is 1.75. The van der Waals surface area contributed by atoms with E-state index in [9.17, 15) is 9.59 Å². The van der Waals surface area contributed by atoms with Gasteiger partial charge in [0.1, 0.15) is 6.04 Å². The number of hydrogen-bond donors (Lipinski definition) is 1. The van der Waals surface area contributed by atoms with Gasteiger partial charge in [0.05, 0.1) is 0 Å². The minimum atomic E-state index is -0.963. The Morgan fingerprint density at radius 3 is 2.06 bits per heavy atom. The van der Waals surface area contributed by atoms with Crippen LogP contribution in [0.1, 0.15) is 40.5 Å². The highest BCUT2D eigenvalue weighted by Crippen LogP contribution is 2.20. The Hall–Kier alpha value is -1.06. The lowest BCUT2D eigenvalue weighted by Crippen LogP contribution is -2.44. The van der Waals surface area contributed by atoms with Crippen LogP contribution < -0.4 is 0 Å². The molecule has 0 spiro atoms. The summed E-state index contributed by atoms with van der Waals surface area (Å²) in [5.41, 5.74) is 0. The molecule has 0 aromatic carbocycles. The third kappa shape index (κ3) is 3.83. The first-order chi connectivity index (χ1) is 7.32. The molecule has 0 saturated heterocycles. The summed E-state index contributed by atoms with van der Waals surface area (Å²) in [5.74, 6) is -0.853. The van der Waals surface area contributed by atoms with Crippen molar-refractivity contribution in [1.82, 2.24) is 4.90 Å². The molecule has 0 heterocycles. The lowest BCUT2D eigenvalue weighted by Gasteiger charge is -2.28. The first kappa shape index (κ1) is 14.9. The van der Waals surface area contributed by atoms with Gasteiger partial charge in [-0.3, -0.25) is 4.79 Å². The average Bonchev–Trinajstić information content (AvgIpc) is 2.22. The van der Waals surface area contributed by atoms with Crippen molar-refractivity contribution in [2.45, 2.75) is 46.6 Å². The molecule has 2 unspecified atom stereocenters. The molecule has 4 nitrogen and oxygen atoms in total. The van der Waals surface area contributed by atoms with Gasteiger partial charge in [-0.2, -0.15) is 0 Å². The maximum Gasteiger partial charge on any atom is 0.326 e. The van der Waals surface area contributed by atoms with Gasteiger partial charge in [-0.1, -0.05) is 27.2 Å². The van der Waals surface area contributed by atoms with E-state index < -0.39 is 12.0 Å².